The first kappa shape index (κ1) is 14.2. The fourth-order valence-corrected chi connectivity index (χ4v) is 1.94. The third-order valence-corrected chi connectivity index (χ3v) is 2.98. The number of amides is 1. The fourth-order valence-electron chi connectivity index (χ4n) is 1.94. The second-order valence-electron chi connectivity index (χ2n) is 4.59. The highest BCUT2D eigenvalue weighted by Crippen LogP contribution is 2.13. The molecule has 0 fully saturated rings. The highest BCUT2D eigenvalue weighted by atomic mass is 16.4. The maximum Gasteiger partial charge on any atom is 0.288 e. The molecule has 0 aliphatic rings. The number of carbonyl (C=O) groups is 1. The van der Waals surface area contributed by atoms with Crippen molar-refractivity contribution in [2.24, 2.45) is 5.73 Å². The molecule has 20 heavy (non-hydrogen) atoms. The monoisotopic (exact) mass is 277 g/mol. The first-order chi connectivity index (χ1) is 9.55. The molecule has 7 nitrogen and oxygen atoms in total. The number of primary amides is 1. The van der Waals surface area contributed by atoms with E-state index in [1.165, 1.54) is 0 Å². The van der Waals surface area contributed by atoms with E-state index >= 15 is 0 Å². The van der Waals surface area contributed by atoms with Crippen molar-refractivity contribution in [3.8, 4) is 0 Å². The molecule has 0 unspecified atom stereocenters. The molecule has 2 rings (SSSR count). The van der Waals surface area contributed by atoms with Gasteiger partial charge in [-0.3, -0.25) is 4.79 Å². The van der Waals surface area contributed by atoms with Crippen LogP contribution in [-0.2, 0) is 19.4 Å². The summed E-state index contributed by atoms with van der Waals surface area (Å²) in [6, 6.07) is 0. The number of oxazole rings is 1. The van der Waals surface area contributed by atoms with Crippen LogP contribution in [0, 0.1) is 6.92 Å². The Morgan fingerprint density at radius 3 is 2.65 bits per heavy atom. The van der Waals surface area contributed by atoms with Crippen molar-refractivity contribution in [1.82, 2.24) is 19.7 Å². The van der Waals surface area contributed by atoms with Crippen molar-refractivity contribution in [2.75, 3.05) is 0 Å². The maximum atomic E-state index is 11.2. The van der Waals surface area contributed by atoms with E-state index in [1.54, 1.807) is 4.68 Å². The van der Waals surface area contributed by atoms with E-state index in [9.17, 15) is 4.79 Å². The SMILES string of the molecule is CCCc1nc(C(N)=O)nn1Cc1oc(CC)nc1C. The lowest BCUT2D eigenvalue weighted by molar-refractivity contribution is 0.0990. The summed E-state index contributed by atoms with van der Waals surface area (Å²) in [6.45, 7) is 6.33. The van der Waals surface area contributed by atoms with Crippen molar-refractivity contribution in [1.29, 1.82) is 0 Å². The van der Waals surface area contributed by atoms with E-state index in [1.807, 2.05) is 20.8 Å². The van der Waals surface area contributed by atoms with Crippen LogP contribution in [0.25, 0.3) is 0 Å². The summed E-state index contributed by atoms with van der Waals surface area (Å²) in [5, 5.41) is 4.14. The summed E-state index contributed by atoms with van der Waals surface area (Å²) in [6.07, 6.45) is 2.38. The number of nitrogens with zero attached hydrogens (tertiary/aromatic N) is 4. The zero-order chi connectivity index (χ0) is 14.7. The molecule has 0 bridgehead atoms. The summed E-state index contributed by atoms with van der Waals surface area (Å²) < 4.78 is 7.32. The van der Waals surface area contributed by atoms with Gasteiger partial charge in [0.05, 0.1) is 5.69 Å². The first-order valence-corrected chi connectivity index (χ1v) is 6.73. The van der Waals surface area contributed by atoms with Gasteiger partial charge in [0.2, 0.25) is 5.82 Å². The highest BCUT2D eigenvalue weighted by Gasteiger charge is 2.16. The minimum Gasteiger partial charge on any atom is -0.443 e. The molecular weight excluding hydrogens is 258 g/mol. The lowest BCUT2D eigenvalue weighted by Crippen LogP contribution is -2.14. The van der Waals surface area contributed by atoms with Crippen LogP contribution in [0.2, 0.25) is 0 Å². The van der Waals surface area contributed by atoms with E-state index in [-0.39, 0.29) is 5.82 Å². The molecule has 2 heterocycles. The lowest BCUT2D eigenvalue weighted by atomic mass is 10.3. The summed E-state index contributed by atoms with van der Waals surface area (Å²) in [7, 11) is 0. The molecule has 0 spiro atoms. The van der Waals surface area contributed by atoms with E-state index in [0.717, 1.165) is 36.5 Å². The van der Waals surface area contributed by atoms with Gasteiger partial charge in [0.1, 0.15) is 18.1 Å². The topological polar surface area (TPSA) is 99.8 Å². The Kier molecular flexibility index (Phi) is 4.16. The predicted octanol–water partition coefficient (Wildman–Crippen LogP) is 1.24. The van der Waals surface area contributed by atoms with Gasteiger partial charge in [-0.05, 0) is 13.3 Å². The van der Waals surface area contributed by atoms with E-state index in [2.05, 4.69) is 15.1 Å². The molecule has 0 aliphatic heterocycles. The van der Waals surface area contributed by atoms with Gasteiger partial charge >= 0.3 is 0 Å². The van der Waals surface area contributed by atoms with E-state index < -0.39 is 5.91 Å². The van der Waals surface area contributed by atoms with E-state index in [0.29, 0.717) is 12.4 Å². The van der Waals surface area contributed by atoms with Crippen LogP contribution in [0.3, 0.4) is 0 Å². The van der Waals surface area contributed by atoms with Gasteiger partial charge in [-0.15, -0.1) is 5.10 Å². The molecule has 1 amide bonds. The van der Waals surface area contributed by atoms with Crippen molar-refractivity contribution in [2.45, 2.75) is 46.6 Å². The third kappa shape index (κ3) is 2.87. The average Bonchev–Trinajstić information content (AvgIpc) is 2.96. The lowest BCUT2D eigenvalue weighted by Gasteiger charge is -2.02. The van der Waals surface area contributed by atoms with Crippen LogP contribution in [-0.4, -0.2) is 25.7 Å². The number of carbonyl (C=O) groups excluding carboxylic acids is 1. The van der Waals surface area contributed by atoms with Crippen LogP contribution in [0.5, 0.6) is 0 Å². The number of hydrogen-bond acceptors (Lipinski definition) is 5. The Hall–Kier alpha value is -2.18. The molecule has 2 N–H and O–H groups in total. The predicted molar refractivity (Wildman–Crippen MR) is 72.3 cm³/mol. The summed E-state index contributed by atoms with van der Waals surface area (Å²) >= 11 is 0. The van der Waals surface area contributed by atoms with Gasteiger partial charge in [-0.2, -0.15) is 0 Å². The molecular formula is C13H19N5O2. The largest absolute Gasteiger partial charge is 0.443 e. The molecule has 108 valence electrons. The minimum absolute atomic E-state index is 0.0429. The van der Waals surface area contributed by atoms with Crippen molar-refractivity contribution in [3.05, 3.63) is 29.0 Å². The van der Waals surface area contributed by atoms with E-state index in [4.69, 9.17) is 10.2 Å². The fraction of sp³-hybridized carbons (Fsp3) is 0.538. The number of aryl methyl sites for hydroxylation is 3. The molecule has 0 saturated heterocycles. The Morgan fingerprint density at radius 2 is 2.10 bits per heavy atom. The molecule has 2 aromatic rings. The molecule has 0 atom stereocenters. The Balaban J connectivity index is 2.31. The van der Waals surface area contributed by atoms with Gasteiger partial charge in [-0.25, -0.2) is 14.6 Å². The molecule has 0 saturated carbocycles. The van der Waals surface area contributed by atoms with Crippen molar-refractivity contribution in [3.63, 3.8) is 0 Å². The minimum atomic E-state index is -0.621. The van der Waals surface area contributed by atoms with Crippen LogP contribution < -0.4 is 5.73 Å². The summed E-state index contributed by atoms with van der Waals surface area (Å²) in [4.78, 5) is 19.7. The van der Waals surface area contributed by atoms with Crippen LogP contribution in [0.4, 0.5) is 0 Å². The number of rotatable bonds is 6. The molecule has 7 heteroatoms. The van der Waals surface area contributed by atoms with Crippen molar-refractivity contribution < 1.29 is 9.21 Å². The summed E-state index contributed by atoms with van der Waals surface area (Å²) in [5.74, 6) is 1.59. The van der Waals surface area contributed by atoms with Crippen molar-refractivity contribution >= 4 is 5.91 Å². The third-order valence-electron chi connectivity index (χ3n) is 2.98. The zero-order valence-electron chi connectivity index (χ0n) is 12.0. The molecule has 0 aliphatic carbocycles. The molecule has 2 aromatic heterocycles. The molecule has 0 aromatic carbocycles. The van der Waals surface area contributed by atoms with Gasteiger partial charge in [-0.1, -0.05) is 13.8 Å². The van der Waals surface area contributed by atoms with Crippen LogP contribution in [0.15, 0.2) is 4.42 Å². The number of hydrogen-bond donors (Lipinski definition) is 1. The number of aromatic nitrogens is 4. The van der Waals surface area contributed by atoms with Gasteiger partial charge < -0.3 is 10.2 Å². The second kappa shape index (κ2) is 5.85. The average molecular weight is 277 g/mol. The van der Waals surface area contributed by atoms with Gasteiger partial charge in [0.25, 0.3) is 5.91 Å². The Bertz CT molecular complexity index is 614. The maximum absolute atomic E-state index is 11.2. The van der Waals surface area contributed by atoms with Crippen LogP contribution >= 0.6 is 0 Å². The second-order valence-corrected chi connectivity index (χ2v) is 4.59. The first-order valence-electron chi connectivity index (χ1n) is 6.73. The Labute approximate surface area is 117 Å². The van der Waals surface area contributed by atoms with Gasteiger partial charge in [0.15, 0.2) is 5.89 Å². The smallest absolute Gasteiger partial charge is 0.288 e. The van der Waals surface area contributed by atoms with Gasteiger partial charge in [0, 0.05) is 12.8 Å². The number of nitrogens with two attached hydrogens (primary N) is 1. The highest BCUT2D eigenvalue weighted by molar-refractivity contribution is 5.88. The standard InChI is InChI=1S/C13H19N5O2/c1-4-6-10-16-13(12(14)19)17-18(10)7-9-8(3)15-11(5-2)20-9/h4-7H2,1-3H3,(H2,14,19). The molecule has 0 radical (unpaired) electrons. The van der Waals surface area contributed by atoms with Crippen LogP contribution in [0.1, 0.15) is 54.1 Å². The zero-order valence-corrected chi connectivity index (χ0v) is 12.0. The quantitative estimate of drug-likeness (QED) is 0.856. The summed E-state index contributed by atoms with van der Waals surface area (Å²) in [5.41, 5.74) is 6.06. The normalized spacial score (nSPS) is 10.9. The Morgan fingerprint density at radius 1 is 1.35 bits per heavy atom.